The van der Waals surface area contributed by atoms with Crippen LogP contribution in [-0.4, -0.2) is 51.3 Å². The van der Waals surface area contributed by atoms with Crippen LogP contribution in [0.3, 0.4) is 0 Å². The molecule has 2 fully saturated rings. The number of rotatable bonds is 5. The number of nitrogens with zero attached hydrogens (tertiary/aromatic N) is 5. The molecule has 1 N–H and O–H groups in total. The molecule has 0 atom stereocenters. The van der Waals surface area contributed by atoms with E-state index in [2.05, 4.69) is 15.6 Å². The molecule has 2 amide bonds. The summed E-state index contributed by atoms with van der Waals surface area (Å²) in [5, 5.41) is 19.6. The third-order valence-electron chi connectivity index (χ3n) is 4.78. The van der Waals surface area contributed by atoms with Crippen LogP contribution < -0.4 is 5.32 Å². The van der Waals surface area contributed by atoms with E-state index in [1.54, 1.807) is 40.0 Å². The largest absolute Gasteiger partial charge is 0.350 e. The van der Waals surface area contributed by atoms with Crippen LogP contribution in [0.25, 0.3) is 0 Å². The summed E-state index contributed by atoms with van der Waals surface area (Å²) in [5.74, 6) is 0.337. The van der Waals surface area contributed by atoms with Crippen molar-refractivity contribution in [3.8, 4) is 6.07 Å². The normalized spacial score (nSPS) is 16.7. The van der Waals surface area contributed by atoms with E-state index >= 15 is 0 Å². The zero-order valence-corrected chi connectivity index (χ0v) is 14.1. The molecule has 1 aromatic heterocycles. The monoisotopic (exact) mass is 350 g/mol. The lowest BCUT2D eigenvalue weighted by Crippen LogP contribution is -2.50. The van der Waals surface area contributed by atoms with Gasteiger partial charge in [-0.05, 0) is 43.0 Å². The van der Waals surface area contributed by atoms with E-state index in [0.29, 0.717) is 42.4 Å². The Labute approximate surface area is 150 Å². The van der Waals surface area contributed by atoms with Gasteiger partial charge in [0.15, 0.2) is 5.69 Å². The average molecular weight is 350 g/mol. The van der Waals surface area contributed by atoms with Gasteiger partial charge in [-0.15, -0.1) is 5.10 Å². The number of likely N-dealkylation sites (tertiary alicyclic amines) is 1. The molecule has 132 valence electrons. The van der Waals surface area contributed by atoms with Crippen molar-refractivity contribution in [2.45, 2.75) is 18.9 Å². The van der Waals surface area contributed by atoms with Crippen LogP contribution in [0.15, 0.2) is 30.5 Å². The van der Waals surface area contributed by atoms with Gasteiger partial charge in [-0.3, -0.25) is 9.59 Å². The summed E-state index contributed by atoms with van der Waals surface area (Å²) in [6.07, 6.45) is 3.99. The highest BCUT2D eigenvalue weighted by Crippen LogP contribution is 2.27. The number of benzene rings is 1. The van der Waals surface area contributed by atoms with Gasteiger partial charge in [0.05, 0.1) is 23.9 Å². The molecular formula is C18H18N6O2. The predicted octanol–water partition coefficient (Wildman–Crippen LogP) is 0.987. The van der Waals surface area contributed by atoms with Crippen molar-refractivity contribution in [2.75, 3.05) is 19.6 Å². The quantitative estimate of drug-likeness (QED) is 0.866. The van der Waals surface area contributed by atoms with Gasteiger partial charge in [-0.2, -0.15) is 5.26 Å². The molecule has 0 bridgehead atoms. The first-order valence-electron chi connectivity index (χ1n) is 8.63. The third-order valence-corrected chi connectivity index (χ3v) is 4.78. The SMILES string of the molecule is N#Cc1ccc(C(=O)N2CC(n3cc(C(=O)NCC4CC4)nn3)C2)cc1. The summed E-state index contributed by atoms with van der Waals surface area (Å²) in [7, 11) is 0. The van der Waals surface area contributed by atoms with Crippen LogP contribution in [0.2, 0.25) is 0 Å². The number of hydrogen-bond donors (Lipinski definition) is 1. The third kappa shape index (κ3) is 3.28. The molecule has 0 unspecified atom stereocenters. The van der Waals surface area contributed by atoms with Gasteiger partial charge in [0.2, 0.25) is 0 Å². The van der Waals surface area contributed by atoms with E-state index in [4.69, 9.17) is 5.26 Å². The second kappa shape index (κ2) is 6.59. The summed E-state index contributed by atoms with van der Waals surface area (Å²) in [4.78, 5) is 26.1. The molecule has 8 nitrogen and oxygen atoms in total. The summed E-state index contributed by atoms with van der Waals surface area (Å²) < 4.78 is 1.65. The van der Waals surface area contributed by atoms with Gasteiger partial charge in [0.1, 0.15) is 0 Å². The standard InChI is InChI=1S/C18H18N6O2/c19-7-12-3-5-14(6-4-12)18(26)23-9-15(10-23)24-11-16(21-22-24)17(25)20-8-13-1-2-13/h3-6,11,13,15H,1-2,8-10H2,(H,20,25). The zero-order valence-electron chi connectivity index (χ0n) is 14.1. The number of carbonyl (C=O) groups is 2. The fraction of sp³-hybridized carbons (Fsp3) is 0.389. The van der Waals surface area contributed by atoms with Gasteiger partial charge in [-0.1, -0.05) is 5.21 Å². The fourth-order valence-corrected chi connectivity index (χ4v) is 2.87. The van der Waals surface area contributed by atoms with Crippen LogP contribution in [0, 0.1) is 17.2 Å². The minimum absolute atomic E-state index is 0.0230. The minimum Gasteiger partial charge on any atom is -0.350 e. The molecule has 2 aromatic rings. The first-order valence-corrected chi connectivity index (χ1v) is 8.63. The van der Waals surface area contributed by atoms with E-state index < -0.39 is 0 Å². The average Bonchev–Trinajstić information content (AvgIpc) is 3.34. The van der Waals surface area contributed by atoms with Crippen LogP contribution in [-0.2, 0) is 0 Å². The van der Waals surface area contributed by atoms with Crippen molar-refractivity contribution < 1.29 is 9.59 Å². The van der Waals surface area contributed by atoms with Crippen molar-refractivity contribution in [3.05, 3.63) is 47.3 Å². The number of amides is 2. The Hall–Kier alpha value is -3.21. The van der Waals surface area contributed by atoms with Crippen molar-refractivity contribution in [1.82, 2.24) is 25.2 Å². The van der Waals surface area contributed by atoms with Crippen molar-refractivity contribution in [1.29, 1.82) is 5.26 Å². The van der Waals surface area contributed by atoms with Gasteiger partial charge in [0, 0.05) is 25.2 Å². The molecule has 2 aliphatic rings. The summed E-state index contributed by atoms with van der Waals surface area (Å²) in [6, 6.07) is 8.64. The second-order valence-corrected chi connectivity index (χ2v) is 6.79. The van der Waals surface area contributed by atoms with Gasteiger partial charge in [0.25, 0.3) is 11.8 Å². The number of nitrogens with one attached hydrogen (secondary N) is 1. The lowest BCUT2D eigenvalue weighted by atomic mass is 10.1. The molecule has 1 saturated carbocycles. The highest BCUT2D eigenvalue weighted by atomic mass is 16.2. The zero-order chi connectivity index (χ0) is 18.1. The second-order valence-electron chi connectivity index (χ2n) is 6.79. The summed E-state index contributed by atoms with van der Waals surface area (Å²) in [6.45, 7) is 1.73. The highest BCUT2D eigenvalue weighted by molar-refractivity contribution is 5.95. The smallest absolute Gasteiger partial charge is 0.273 e. The fourth-order valence-electron chi connectivity index (χ4n) is 2.87. The molecule has 1 aliphatic heterocycles. The molecule has 0 spiro atoms. The maximum atomic E-state index is 12.4. The summed E-state index contributed by atoms with van der Waals surface area (Å²) >= 11 is 0. The van der Waals surface area contributed by atoms with E-state index in [1.807, 2.05) is 6.07 Å². The van der Waals surface area contributed by atoms with Crippen molar-refractivity contribution in [2.24, 2.45) is 5.92 Å². The van der Waals surface area contributed by atoms with E-state index in [9.17, 15) is 9.59 Å². The Balaban J connectivity index is 1.32. The molecule has 2 heterocycles. The van der Waals surface area contributed by atoms with Crippen molar-refractivity contribution >= 4 is 11.8 Å². The topological polar surface area (TPSA) is 104 Å². The van der Waals surface area contributed by atoms with E-state index in [0.717, 1.165) is 0 Å². The Bertz CT molecular complexity index is 872. The van der Waals surface area contributed by atoms with Crippen LogP contribution >= 0.6 is 0 Å². The van der Waals surface area contributed by atoms with E-state index in [-0.39, 0.29) is 17.9 Å². The Morgan fingerprint density at radius 1 is 1.23 bits per heavy atom. The van der Waals surface area contributed by atoms with Gasteiger partial charge in [-0.25, -0.2) is 4.68 Å². The van der Waals surface area contributed by atoms with Gasteiger partial charge >= 0.3 is 0 Å². The maximum Gasteiger partial charge on any atom is 0.273 e. The van der Waals surface area contributed by atoms with Gasteiger partial charge < -0.3 is 10.2 Å². The minimum atomic E-state index is -0.201. The van der Waals surface area contributed by atoms with Crippen LogP contribution in [0.1, 0.15) is 45.3 Å². The molecule has 26 heavy (non-hydrogen) atoms. The Morgan fingerprint density at radius 3 is 2.62 bits per heavy atom. The lowest BCUT2D eigenvalue weighted by Gasteiger charge is -2.38. The highest BCUT2D eigenvalue weighted by Gasteiger charge is 2.33. The molecule has 8 heteroatoms. The first-order chi connectivity index (χ1) is 12.6. The van der Waals surface area contributed by atoms with Crippen LogP contribution in [0.4, 0.5) is 0 Å². The Morgan fingerprint density at radius 2 is 1.96 bits per heavy atom. The molecule has 1 saturated heterocycles. The maximum absolute atomic E-state index is 12.4. The van der Waals surface area contributed by atoms with Crippen molar-refractivity contribution in [3.63, 3.8) is 0 Å². The Kier molecular flexibility index (Phi) is 4.13. The molecule has 0 radical (unpaired) electrons. The summed E-state index contributed by atoms with van der Waals surface area (Å²) in [5.41, 5.74) is 1.39. The lowest BCUT2D eigenvalue weighted by molar-refractivity contribution is 0.0498. The first kappa shape index (κ1) is 16.3. The molecular weight excluding hydrogens is 332 g/mol. The molecule has 4 rings (SSSR count). The number of aromatic nitrogens is 3. The number of carbonyl (C=O) groups excluding carboxylic acids is 2. The number of hydrogen-bond acceptors (Lipinski definition) is 5. The molecule has 1 aliphatic carbocycles. The predicted molar refractivity (Wildman–Crippen MR) is 91.2 cm³/mol. The van der Waals surface area contributed by atoms with Crippen LogP contribution in [0.5, 0.6) is 0 Å². The number of nitriles is 1. The van der Waals surface area contributed by atoms with E-state index in [1.165, 1.54) is 12.8 Å². The molecule has 1 aromatic carbocycles.